The van der Waals surface area contributed by atoms with Crippen LogP contribution in [0, 0.1) is 11.3 Å². The van der Waals surface area contributed by atoms with Crippen LogP contribution in [0.1, 0.15) is 16.1 Å². The minimum atomic E-state index is -0.428. The number of carbonyl (C=O) groups excluding carboxylic acids is 1. The molecule has 0 unspecified atom stereocenters. The van der Waals surface area contributed by atoms with Crippen molar-refractivity contribution in [2.45, 2.75) is 0 Å². The number of nitriles is 1. The molecule has 0 fully saturated rings. The van der Waals surface area contributed by atoms with E-state index in [2.05, 4.69) is 26.7 Å². The van der Waals surface area contributed by atoms with Gasteiger partial charge in [0.1, 0.15) is 29.3 Å². The van der Waals surface area contributed by atoms with Crippen molar-refractivity contribution in [1.82, 2.24) is 9.97 Å². The number of ether oxygens (including phenoxy) is 2. The van der Waals surface area contributed by atoms with Gasteiger partial charge in [0.25, 0.3) is 5.91 Å². The zero-order valence-electron chi connectivity index (χ0n) is 15.3. The maximum atomic E-state index is 12.6. The number of nitrogens with one attached hydrogen (secondary N) is 2. The molecule has 1 aromatic heterocycles. The summed E-state index contributed by atoms with van der Waals surface area (Å²) in [4.78, 5) is 20.8. The van der Waals surface area contributed by atoms with Gasteiger partial charge in [0.2, 0.25) is 0 Å². The SMILES string of the molecule is COc1ccc(OC)c(NC(=O)c2cc(Nc3cccc(C#N)c3)ncn2)c1. The summed E-state index contributed by atoms with van der Waals surface area (Å²) in [5.74, 6) is 1.07. The van der Waals surface area contributed by atoms with Gasteiger partial charge < -0.3 is 20.1 Å². The van der Waals surface area contributed by atoms with Crippen molar-refractivity contribution in [3.05, 3.63) is 66.1 Å². The molecule has 0 radical (unpaired) electrons. The van der Waals surface area contributed by atoms with Crippen LogP contribution in [0.25, 0.3) is 0 Å². The molecular weight excluding hydrogens is 358 g/mol. The highest BCUT2D eigenvalue weighted by molar-refractivity contribution is 6.04. The van der Waals surface area contributed by atoms with Crippen molar-refractivity contribution in [1.29, 1.82) is 5.26 Å². The van der Waals surface area contributed by atoms with Crippen LogP contribution >= 0.6 is 0 Å². The zero-order chi connectivity index (χ0) is 19.9. The molecule has 8 heteroatoms. The van der Waals surface area contributed by atoms with Gasteiger partial charge in [-0.25, -0.2) is 9.97 Å². The summed E-state index contributed by atoms with van der Waals surface area (Å²) in [6.07, 6.45) is 1.29. The van der Waals surface area contributed by atoms with Crippen LogP contribution in [0.2, 0.25) is 0 Å². The number of aromatic nitrogens is 2. The third kappa shape index (κ3) is 4.34. The fourth-order valence-corrected chi connectivity index (χ4v) is 2.46. The molecule has 3 rings (SSSR count). The average Bonchev–Trinajstić information content (AvgIpc) is 2.74. The van der Waals surface area contributed by atoms with Crippen LogP contribution in [0.15, 0.2) is 54.9 Å². The van der Waals surface area contributed by atoms with Crippen molar-refractivity contribution in [2.75, 3.05) is 24.9 Å². The van der Waals surface area contributed by atoms with Crippen molar-refractivity contribution in [2.24, 2.45) is 0 Å². The number of methoxy groups -OCH3 is 2. The molecule has 0 bridgehead atoms. The molecule has 0 aliphatic carbocycles. The third-order valence-electron chi connectivity index (χ3n) is 3.82. The van der Waals surface area contributed by atoms with Gasteiger partial charge in [0.15, 0.2) is 0 Å². The lowest BCUT2D eigenvalue weighted by Gasteiger charge is -2.12. The topological polar surface area (TPSA) is 109 Å². The minimum absolute atomic E-state index is 0.166. The molecule has 2 aromatic carbocycles. The Labute approximate surface area is 161 Å². The van der Waals surface area contributed by atoms with Crippen LogP contribution in [-0.4, -0.2) is 30.1 Å². The number of benzene rings is 2. The third-order valence-corrected chi connectivity index (χ3v) is 3.82. The second-order valence-corrected chi connectivity index (χ2v) is 5.63. The van der Waals surface area contributed by atoms with E-state index in [4.69, 9.17) is 14.7 Å². The van der Waals surface area contributed by atoms with Crippen LogP contribution in [0.3, 0.4) is 0 Å². The Morgan fingerprint density at radius 3 is 2.68 bits per heavy atom. The normalized spacial score (nSPS) is 9.89. The van der Waals surface area contributed by atoms with E-state index in [1.54, 1.807) is 42.5 Å². The molecule has 0 saturated carbocycles. The van der Waals surface area contributed by atoms with E-state index >= 15 is 0 Å². The Bertz CT molecular complexity index is 1050. The first-order valence-electron chi connectivity index (χ1n) is 8.25. The van der Waals surface area contributed by atoms with Crippen LogP contribution < -0.4 is 20.1 Å². The first kappa shape index (κ1) is 18.7. The average molecular weight is 375 g/mol. The summed E-state index contributed by atoms with van der Waals surface area (Å²) in [7, 11) is 3.05. The van der Waals surface area contributed by atoms with Gasteiger partial charge in [-0.2, -0.15) is 5.26 Å². The number of rotatable bonds is 6. The van der Waals surface area contributed by atoms with Gasteiger partial charge in [-0.05, 0) is 30.3 Å². The predicted octanol–water partition coefficient (Wildman–Crippen LogP) is 3.36. The molecule has 0 spiro atoms. The van der Waals surface area contributed by atoms with Crippen LogP contribution in [0.5, 0.6) is 11.5 Å². The Hall–Kier alpha value is -4.12. The number of hydrogen-bond acceptors (Lipinski definition) is 7. The smallest absolute Gasteiger partial charge is 0.274 e. The molecule has 140 valence electrons. The molecule has 0 atom stereocenters. The first-order chi connectivity index (χ1) is 13.6. The van der Waals surface area contributed by atoms with Gasteiger partial charge >= 0.3 is 0 Å². The summed E-state index contributed by atoms with van der Waals surface area (Å²) in [5.41, 5.74) is 1.82. The number of amides is 1. The summed E-state index contributed by atoms with van der Waals surface area (Å²) in [5, 5.41) is 14.8. The molecule has 0 aliphatic heterocycles. The largest absolute Gasteiger partial charge is 0.497 e. The first-order valence-corrected chi connectivity index (χ1v) is 8.25. The molecule has 0 aliphatic rings. The fourth-order valence-electron chi connectivity index (χ4n) is 2.46. The molecule has 8 nitrogen and oxygen atoms in total. The monoisotopic (exact) mass is 375 g/mol. The van der Waals surface area contributed by atoms with E-state index in [-0.39, 0.29) is 5.69 Å². The lowest BCUT2D eigenvalue weighted by atomic mass is 10.2. The van der Waals surface area contributed by atoms with Gasteiger partial charge in [-0.3, -0.25) is 4.79 Å². The second kappa shape index (κ2) is 8.51. The van der Waals surface area contributed by atoms with Gasteiger partial charge in [0.05, 0.1) is 31.5 Å². The summed E-state index contributed by atoms with van der Waals surface area (Å²) in [6.45, 7) is 0. The van der Waals surface area contributed by atoms with Gasteiger partial charge in [0, 0.05) is 17.8 Å². The molecule has 1 heterocycles. The molecular formula is C20H17N5O3. The van der Waals surface area contributed by atoms with Crippen molar-refractivity contribution in [3.8, 4) is 17.6 Å². The molecule has 28 heavy (non-hydrogen) atoms. The highest BCUT2D eigenvalue weighted by Crippen LogP contribution is 2.29. The standard InChI is InChI=1S/C20H17N5O3/c1-27-15-6-7-18(28-2)16(9-15)25-20(26)17-10-19(23-12-22-17)24-14-5-3-4-13(8-14)11-21/h3-10,12H,1-2H3,(H,25,26)(H,22,23,24). The minimum Gasteiger partial charge on any atom is -0.497 e. The van der Waals surface area contributed by atoms with E-state index in [9.17, 15) is 4.79 Å². The highest BCUT2D eigenvalue weighted by Gasteiger charge is 2.13. The van der Waals surface area contributed by atoms with Crippen molar-refractivity contribution >= 4 is 23.1 Å². The summed E-state index contributed by atoms with van der Waals surface area (Å²) < 4.78 is 10.4. The molecule has 3 aromatic rings. The Kier molecular flexibility index (Phi) is 5.67. The molecule has 1 amide bonds. The van der Waals surface area contributed by atoms with E-state index in [1.165, 1.54) is 26.6 Å². The predicted molar refractivity (Wildman–Crippen MR) is 104 cm³/mol. The van der Waals surface area contributed by atoms with E-state index < -0.39 is 5.91 Å². The Balaban J connectivity index is 1.80. The molecule has 2 N–H and O–H groups in total. The lowest BCUT2D eigenvalue weighted by Crippen LogP contribution is -2.15. The summed E-state index contributed by atoms with van der Waals surface area (Å²) >= 11 is 0. The number of nitrogens with zero attached hydrogens (tertiary/aromatic N) is 3. The Morgan fingerprint density at radius 2 is 1.93 bits per heavy atom. The maximum absolute atomic E-state index is 12.6. The lowest BCUT2D eigenvalue weighted by molar-refractivity contribution is 0.102. The zero-order valence-corrected chi connectivity index (χ0v) is 15.3. The highest BCUT2D eigenvalue weighted by atomic mass is 16.5. The molecule has 0 saturated heterocycles. The number of hydrogen-bond donors (Lipinski definition) is 2. The number of carbonyl (C=O) groups is 1. The van der Waals surface area contributed by atoms with E-state index in [1.807, 2.05) is 0 Å². The van der Waals surface area contributed by atoms with Crippen LogP contribution in [0.4, 0.5) is 17.2 Å². The van der Waals surface area contributed by atoms with Crippen molar-refractivity contribution < 1.29 is 14.3 Å². The van der Waals surface area contributed by atoms with Crippen LogP contribution in [-0.2, 0) is 0 Å². The quantitative estimate of drug-likeness (QED) is 0.680. The van der Waals surface area contributed by atoms with E-state index in [0.29, 0.717) is 34.3 Å². The summed E-state index contributed by atoms with van der Waals surface area (Å²) in [6, 6.07) is 15.6. The van der Waals surface area contributed by atoms with Gasteiger partial charge in [-0.1, -0.05) is 6.07 Å². The maximum Gasteiger partial charge on any atom is 0.274 e. The van der Waals surface area contributed by atoms with E-state index in [0.717, 1.165) is 0 Å². The number of anilines is 3. The fraction of sp³-hybridized carbons (Fsp3) is 0.100. The van der Waals surface area contributed by atoms with Crippen molar-refractivity contribution in [3.63, 3.8) is 0 Å². The second-order valence-electron chi connectivity index (χ2n) is 5.63. The van der Waals surface area contributed by atoms with Gasteiger partial charge in [-0.15, -0.1) is 0 Å². The Morgan fingerprint density at radius 1 is 1.07 bits per heavy atom.